The Morgan fingerprint density at radius 1 is 1.25 bits per heavy atom. The molecule has 128 valence electrons. The van der Waals surface area contributed by atoms with Crippen LogP contribution < -0.4 is 10.6 Å². The number of fused-ring (bicyclic) bond motifs is 2. The van der Waals surface area contributed by atoms with Gasteiger partial charge in [0.1, 0.15) is 6.04 Å². The predicted octanol–water partition coefficient (Wildman–Crippen LogP) is 1.60. The van der Waals surface area contributed by atoms with Crippen LogP contribution in [0.25, 0.3) is 0 Å². The van der Waals surface area contributed by atoms with Crippen molar-refractivity contribution < 1.29 is 14.7 Å². The lowest BCUT2D eigenvalue weighted by molar-refractivity contribution is -0.139. The SMILES string of the molecule is O=C(O)[C@@H]1CC[C@H](C(=O)NC[C@@H]2C[C@]23CCCc2ccccc23)N1. The first-order valence-electron chi connectivity index (χ1n) is 8.95. The van der Waals surface area contributed by atoms with Gasteiger partial charge in [0.05, 0.1) is 6.04 Å². The van der Waals surface area contributed by atoms with Gasteiger partial charge in [0.15, 0.2) is 0 Å². The summed E-state index contributed by atoms with van der Waals surface area (Å²) in [4.78, 5) is 23.3. The predicted molar refractivity (Wildman–Crippen MR) is 89.8 cm³/mol. The van der Waals surface area contributed by atoms with Gasteiger partial charge in [-0.25, -0.2) is 0 Å². The number of rotatable bonds is 4. The zero-order valence-electron chi connectivity index (χ0n) is 13.8. The quantitative estimate of drug-likeness (QED) is 0.784. The lowest BCUT2D eigenvalue weighted by Gasteiger charge is -2.27. The number of carboxylic acid groups (broad SMARTS) is 1. The fourth-order valence-corrected chi connectivity index (χ4v) is 4.73. The average molecular weight is 328 g/mol. The third-order valence-corrected chi connectivity index (χ3v) is 6.14. The van der Waals surface area contributed by atoms with Crippen molar-refractivity contribution in [1.82, 2.24) is 10.6 Å². The van der Waals surface area contributed by atoms with E-state index >= 15 is 0 Å². The van der Waals surface area contributed by atoms with E-state index < -0.39 is 12.0 Å². The van der Waals surface area contributed by atoms with Gasteiger partial charge in [0, 0.05) is 12.0 Å². The summed E-state index contributed by atoms with van der Waals surface area (Å²) in [6.45, 7) is 0.698. The molecule has 4 rings (SSSR count). The normalized spacial score (nSPS) is 33.9. The van der Waals surface area contributed by atoms with Gasteiger partial charge in [0.2, 0.25) is 5.91 Å². The molecule has 5 nitrogen and oxygen atoms in total. The van der Waals surface area contributed by atoms with E-state index in [1.165, 1.54) is 30.4 Å². The fraction of sp³-hybridized carbons (Fsp3) is 0.579. The van der Waals surface area contributed by atoms with Gasteiger partial charge in [-0.1, -0.05) is 24.3 Å². The fourth-order valence-electron chi connectivity index (χ4n) is 4.73. The van der Waals surface area contributed by atoms with E-state index in [1.807, 2.05) is 0 Å². The Hall–Kier alpha value is -1.88. The van der Waals surface area contributed by atoms with E-state index in [9.17, 15) is 9.59 Å². The number of nitrogens with one attached hydrogen (secondary N) is 2. The van der Waals surface area contributed by atoms with E-state index in [1.54, 1.807) is 0 Å². The Labute approximate surface area is 141 Å². The number of aliphatic carboxylic acids is 1. The van der Waals surface area contributed by atoms with Crippen LogP contribution >= 0.6 is 0 Å². The van der Waals surface area contributed by atoms with E-state index in [4.69, 9.17) is 5.11 Å². The number of hydrogen-bond acceptors (Lipinski definition) is 3. The molecule has 2 aliphatic carbocycles. The van der Waals surface area contributed by atoms with Crippen molar-refractivity contribution in [3.8, 4) is 0 Å². The molecule has 1 saturated heterocycles. The molecule has 1 spiro atoms. The first kappa shape index (κ1) is 15.6. The summed E-state index contributed by atoms with van der Waals surface area (Å²) in [6, 6.07) is 7.78. The minimum absolute atomic E-state index is 0.0510. The van der Waals surface area contributed by atoms with Crippen LogP contribution in [0, 0.1) is 5.92 Å². The molecule has 1 aliphatic heterocycles. The van der Waals surface area contributed by atoms with Gasteiger partial charge in [-0.3, -0.25) is 14.9 Å². The topological polar surface area (TPSA) is 78.4 Å². The molecule has 3 N–H and O–H groups in total. The third-order valence-electron chi connectivity index (χ3n) is 6.14. The maximum Gasteiger partial charge on any atom is 0.320 e. The largest absolute Gasteiger partial charge is 0.480 e. The summed E-state index contributed by atoms with van der Waals surface area (Å²) in [6.07, 6.45) is 5.88. The molecule has 2 fully saturated rings. The summed E-state index contributed by atoms with van der Waals surface area (Å²) in [7, 11) is 0. The van der Waals surface area contributed by atoms with Crippen LogP contribution in [0.1, 0.15) is 43.2 Å². The molecule has 0 radical (unpaired) electrons. The number of carbonyl (C=O) groups excluding carboxylic acids is 1. The molecule has 4 atom stereocenters. The molecule has 0 bridgehead atoms. The Bertz CT molecular complexity index is 674. The minimum atomic E-state index is -0.870. The van der Waals surface area contributed by atoms with Crippen LogP contribution in [0.3, 0.4) is 0 Å². The molecule has 3 aliphatic rings. The van der Waals surface area contributed by atoms with Gasteiger partial charge in [-0.2, -0.15) is 0 Å². The summed E-state index contributed by atoms with van der Waals surface area (Å²) >= 11 is 0. The van der Waals surface area contributed by atoms with Crippen molar-refractivity contribution in [1.29, 1.82) is 0 Å². The van der Waals surface area contributed by atoms with Crippen molar-refractivity contribution in [3.05, 3.63) is 35.4 Å². The van der Waals surface area contributed by atoms with Crippen LogP contribution in [-0.2, 0) is 21.4 Å². The third kappa shape index (κ3) is 2.61. The number of hydrogen-bond donors (Lipinski definition) is 3. The smallest absolute Gasteiger partial charge is 0.320 e. The summed E-state index contributed by atoms with van der Waals surface area (Å²) in [5.74, 6) is -0.408. The van der Waals surface area contributed by atoms with E-state index in [2.05, 4.69) is 34.9 Å². The second kappa shape index (κ2) is 5.88. The Morgan fingerprint density at radius 2 is 2.04 bits per heavy atom. The molecule has 24 heavy (non-hydrogen) atoms. The van der Waals surface area contributed by atoms with Crippen LogP contribution in [0.5, 0.6) is 0 Å². The standard InChI is InChI=1S/C19H24N2O3/c22-17(15-7-8-16(21-15)18(23)24)20-11-13-10-19(13)9-3-5-12-4-1-2-6-14(12)19/h1-2,4,6,13,15-16,21H,3,5,7-11H2,(H,20,22)(H,23,24)/t13-,15+,16-,19+/m0/s1. The molecule has 1 heterocycles. The number of benzene rings is 1. The first-order chi connectivity index (χ1) is 11.6. The maximum absolute atomic E-state index is 12.3. The average Bonchev–Trinajstić information content (AvgIpc) is 3.05. The van der Waals surface area contributed by atoms with Crippen molar-refractivity contribution in [2.45, 2.75) is 56.0 Å². The minimum Gasteiger partial charge on any atom is -0.480 e. The highest BCUT2D eigenvalue weighted by molar-refractivity contribution is 5.84. The van der Waals surface area contributed by atoms with Gasteiger partial charge < -0.3 is 10.4 Å². The molecular formula is C19H24N2O3. The Morgan fingerprint density at radius 3 is 2.83 bits per heavy atom. The van der Waals surface area contributed by atoms with Crippen molar-refractivity contribution in [3.63, 3.8) is 0 Å². The molecule has 0 aromatic heterocycles. The van der Waals surface area contributed by atoms with Crippen molar-refractivity contribution in [2.75, 3.05) is 6.54 Å². The second-order valence-corrected chi connectivity index (χ2v) is 7.50. The number of carboxylic acids is 1. The molecular weight excluding hydrogens is 304 g/mol. The van der Waals surface area contributed by atoms with Gasteiger partial charge in [-0.15, -0.1) is 0 Å². The number of aryl methyl sites for hydroxylation is 1. The molecule has 0 unspecified atom stereocenters. The van der Waals surface area contributed by atoms with Crippen LogP contribution in [-0.4, -0.2) is 35.6 Å². The summed E-state index contributed by atoms with van der Waals surface area (Å²) < 4.78 is 0. The Kier molecular flexibility index (Phi) is 3.83. The van der Waals surface area contributed by atoms with Crippen LogP contribution in [0.2, 0.25) is 0 Å². The summed E-state index contributed by atoms with van der Waals surface area (Å²) in [5, 5.41) is 15.0. The first-order valence-corrected chi connectivity index (χ1v) is 8.95. The number of carbonyl (C=O) groups is 2. The van der Waals surface area contributed by atoms with E-state index in [0.29, 0.717) is 25.3 Å². The van der Waals surface area contributed by atoms with E-state index in [0.717, 1.165) is 6.42 Å². The molecule has 1 amide bonds. The highest BCUT2D eigenvalue weighted by Gasteiger charge is 2.56. The molecule has 1 aromatic rings. The zero-order valence-corrected chi connectivity index (χ0v) is 13.8. The van der Waals surface area contributed by atoms with Crippen LogP contribution in [0.4, 0.5) is 0 Å². The van der Waals surface area contributed by atoms with Gasteiger partial charge in [-0.05, 0) is 55.6 Å². The molecule has 1 aromatic carbocycles. The van der Waals surface area contributed by atoms with Crippen LogP contribution in [0.15, 0.2) is 24.3 Å². The molecule has 1 saturated carbocycles. The maximum atomic E-state index is 12.3. The second-order valence-electron chi connectivity index (χ2n) is 7.50. The Balaban J connectivity index is 1.34. The van der Waals surface area contributed by atoms with Crippen molar-refractivity contribution >= 4 is 11.9 Å². The monoisotopic (exact) mass is 328 g/mol. The van der Waals surface area contributed by atoms with E-state index in [-0.39, 0.29) is 17.4 Å². The summed E-state index contributed by atoms with van der Waals surface area (Å²) in [5.41, 5.74) is 3.23. The van der Waals surface area contributed by atoms with Gasteiger partial charge >= 0.3 is 5.97 Å². The van der Waals surface area contributed by atoms with Crippen molar-refractivity contribution in [2.24, 2.45) is 5.92 Å². The number of amides is 1. The lowest BCUT2D eigenvalue weighted by Crippen LogP contribution is -2.45. The zero-order chi connectivity index (χ0) is 16.7. The van der Waals surface area contributed by atoms with Gasteiger partial charge in [0.25, 0.3) is 0 Å². The highest BCUT2D eigenvalue weighted by Crippen LogP contribution is 2.59. The lowest BCUT2D eigenvalue weighted by atomic mass is 9.78. The molecule has 5 heteroatoms. The highest BCUT2D eigenvalue weighted by atomic mass is 16.4.